The highest BCUT2D eigenvalue weighted by Crippen LogP contribution is 2.22. The average molecular weight is 322 g/mol. The van der Waals surface area contributed by atoms with Crippen LogP contribution in [0.2, 0.25) is 0 Å². The maximum atomic E-state index is 12.2. The number of nitrogens with zero attached hydrogens (tertiary/aromatic N) is 5. The van der Waals surface area contributed by atoms with Crippen molar-refractivity contribution in [3.63, 3.8) is 0 Å². The first-order valence-corrected chi connectivity index (χ1v) is 8.11. The number of aryl methyl sites for hydroxylation is 1. The second-order valence-electron chi connectivity index (χ2n) is 4.07. The van der Waals surface area contributed by atoms with E-state index >= 15 is 0 Å². The standard InChI is InChI=1S/C11H10N6O2S2/c1-8-2-3-11(20-8)21(18,19)16-9-4-10(14-6-13-9)17-7-12-5-15-17/h2-7H,1H3,(H,13,14,16). The van der Waals surface area contributed by atoms with Crippen LogP contribution in [0.1, 0.15) is 4.88 Å². The van der Waals surface area contributed by atoms with Gasteiger partial charge in [-0.3, -0.25) is 4.72 Å². The van der Waals surface area contributed by atoms with E-state index in [0.717, 1.165) is 4.88 Å². The Balaban J connectivity index is 1.90. The summed E-state index contributed by atoms with van der Waals surface area (Å²) >= 11 is 1.19. The third-order valence-corrected chi connectivity index (χ3v) is 5.37. The van der Waals surface area contributed by atoms with Crippen molar-refractivity contribution in [2.45, 2.75) is 11.1 Å². The van der Waals surface area contributed by atoms with Crippen molar-refractivity contribution in [1.29, 1.82) is 0 Å². The topological polar surface area (TPSA) is 103 Å². The predicted molar refractivity (Wildman–Crippen MR) is 76.8 cm³/mol. The van der Waals surface area contributed by atoms with Crippen molar-refractivity contribution >= 4 is 27.2 Å². The maximum Gasteiger partial charge on any atom is 0.272 e. The van der Waals surface area contributed by atoms with E-state index < -0.39 is 10.0 Å². The van der Waals surface area contributed by atoms with Crippen molar-refractivity contribution in [1.82, 2.24) is 24.7 Å². The lowest BCUT2D eigenvalue weighted by Crippen LogP contribution is -2.13. The molecule has 0 spiro atoms. The van der Waals surface area contributed by atoms with E-state index in [2.05, 4.69) is 24.8 Å². The highest BCUT2D eigenvalue weighted by atomic mass is 32.2. The summed E-state index contributed by atoms with van der Waals surface area (Å²) in [6.07, 6.45) is 4.08. The van der Waals surface area contributed by atoms with Crippen LogP contribution in [-0.2, 0) is 10.0 Å². The van der Waals surface area contributed by atoms with Gasteiger partial charge in [-0.15, -0.1) is 11.3 Å². The summed E-state index contributed by atoms with van der Waals surface area (Å²) in [5.41, 5.74) is 0. The smallest absolute Gasteiger partial charge is 0.263 e. The molecule has 0 aliphatic rings. The van der Waals surface area contributed by atoms with Gasteiger partial charge in [0.2, 0.25) is 0 Å². The van der Waals surface area contributed by atoms with Gasteiger partial charge in [0.05, 0.1) is 0 Å². The third-order valence-electron chi connectivity index (χ3n) is 2.53. The van der Waals surface area contributed by atoms with Crippen molar-refractivity contribution in [3.05, 3.63) is 42.1 Å². The molecule has 0 saturated heterocycles. The monoisotopic (exact) mass is 322 g/mol. The molecular weight excluding hydrogens is 312 g/mol. The molecule has 3 heterocycles. The second kappa shape index (κ2) is 5.22. The predicted octanol–water partition coefficient (Wildman–Crippen LogP) is 1.23. The lowest BCUT2D eigenvalue weighted by atomic mass is 10.5. The fraction of sp³-hybridized carbons (Fsp3) is 0.0909. The van der Waals surface area contributed by atoms with E-state index in [0.29, 0.717) is 5.82 Å². The molecule has 0 atom stereocenters. The van der Waals surface area contributed by atoms with Gasteiger partial charge in [0, 0.05) is 10.9 Å². The number of sulfonamides is 1. The number of thiophene rings is 1. The molecule has 0 aliphatic heterocycles. The van der Waals surface area contributed by atoms with E-state index in [1.54, 1.807) is 12.1 Å². The van der Waals surface area contributed by atoms with Gasteiger partial charge >= 0.3 is 0 Å². The summed E-state index contributed by atoms with van der Waals surface area (Å²) in [7, 11) is -3.65. The number of aromatic nitrogens is 5. The van der Waals surface area contributed by atoms with Crippen LogP contribution in [0.25, 0.3) is 5.82 Å². The highest BCUT2D eigenvalue weighted by Gasteiger charge is 2.17. The van der Waals surface area contributed by atoms with Crippen molar-refractivity contribution in [2.24, 2.45) is 0 Å². The Bertz CT molecular complexity index is 856. The summed E-state index contributed by atoms with van der Waals surface area (Å²) in [6.45, 7) is 1.84. The van der Waals surface area contributed by atoms with E-state index in [-0.39, 0.29) is 10.0 Å². The van der Waals surface area contributed by atoms with Crippen molar-refractivity contribution < 1.29 is 8.42 Å². The van der Waals surface area contributed by atoms with Gasteiger partial charge in [0.15, 0.2) is 5.82 Å². The molecule has 21 heavy (non-hydrogen) atoms. The molecule has 3 rings (SSSR count). The van der Waals surface area contributed by atoms with Gasteiger partial charge in [-0.2, -0.15) is 5.10 Å². The van der Waals surface area contributed by atoms with E-state index in [9.17, 15) is 8.42 Å². The summed E-state index contributed by atoms with van der Waals surface area (Å²) in [4.78, 5) is 12.6. The molecule has 108 valence electrons. The quantitative estimate of drug-likeness (QED) is 0.775. The molecule has 0 fully saturated rings. The van der Waals surface area contributed by atoms with Crippen LogP contribution in [0.5, 0.6) is 0 Å². The Labute approximate surface area is 124 Å². The number of nitrogens with one attached hydrogen (secondary N) is 1. The Kier molecular flexibility index (Phi) is 3.39. The second-order valence-corrected chi connectivity index (χ2v) is 7.27. The van der Waals surface area contributed by atoms with Crippen molar-refractivity contribution in [3.8, 4) is 5.82 Å². The Morgan fingerprint density at radius 3 is 2.76 bits per heavy atom. The molecule has 8 nitrogen and oxygen atoms in total. The zero-order chi connectivity index (χ0) is 14.9. The van der Waals surface area contributed by atoms with Crippen molar-refractivity contribution in [2.75, 3.05) is 4.72 Å². The molecule has 0 aliphatic carbocycles. The molecule has 0 amide bonds. The van der Waals surface area contributed by atoms with Gasteiger partial charge in [-0.1, -0.05) is 0 Å². The molecule has 0 unspecified atom stereocenters. The van der Waals surface area contributed by atoms with E-state index in [1.807, 2.05) is 6.92 Å². The fourth-order valence-corrected chi connectivity index (χ4v) is 3.88. The van der Waals surface area contributed by atoms with Gasteiger partial charge in [0.1, 0.15) is 29.0 Å². The van der Waals surface area contributed by atoms with E-state index in [1.165, 1.54) is 41.1 Å². The Morgan fingerprint density at radius 2 is 2.10 bits per heavy atom. The third kappa shape index (κ3) is 2.90. The minimum atomic E-state index is -3.65. The molecule has 10 heteroatoms. The summed E-state index contributed by atoms with van der Waals surface area (Å²) < 4.78 is 28.5. The first kappa shape index (κ1) is 13.6. The molecule has 0 aromatic carbocycles. The van der Waals surface area contributed by atoms with Crippen LogP contribution in [0.3, 0.4) is 0 Å². The number of hydrogen-bond acceptors (Lipinski definition) is 7. The average Bonchev–Trinajstić information content (AvgIpc) is 3.09. The Morgan fingerprint density at radius 1 is 1.24 bits per heavy atom. The Hall–Kier alpha value is -2.33. The van der Waals surface area contributed by atoms with Gasteiger partial charge in [0.25, 0.3) is 10.0 Å². The van der Waals surface area contributed by atoms with Crippen LogP contribution >= 0.6 is 11.3 Å². The summed E-state index contributed by atoms with van der Waals surface area (Å²) in [6, 6.07) is 4.79. The van der Waals surface area contributed by atoms with Crippen LogP contribution in [0.4, 0.5) is 5.82 Å². The van der Waals surface area contributed by atoms with Gasteiger partial charge in [-0.05, 0) is 19.1 Å². The largest absolute Gasteiger partial charge is 0.272 e. The molecule has 0 radical (unpaired) electrons. The van der Waals surface area contributed by atoms with E-state index in [4.69, 9.17) is 0 Å². The number of rotatable bonds is 4. The zero-order valence-corrected chi connectivity index (χ0v) is 12.5. The molecule has 0 saturated carbocycles. The molecule has 3 aromatic rings. The molecular formula is C11H10N6O2S2. The van der Waals surface area contributed by atoms with Crippen LogP contribution < -0.4 is 4.72 Å². The summed E-state index contributed by atoms with van der Waals surface area (Å²) in [5, 5.41) is 3.93. The fourth-order valence-electron chi connectivity index (χ4n) is 1.60. The minimum Gasteiger partial charge on any atom is -0.263 e. The lowest BCUT2D eigenvalue weighted by Gasteiger charge is -2.06. The number of hydrogen-bond donors (Lipinski definition) is 1. The molecule has 1 N–H and O–H groups in total. The minimum absolute atomic E-state index is 0.168. The first-order valence-electron chi connectivity index (χ1n) is 5.81. The SMILES string of the molecule is Cc1ccc(S(=O)(=O)Nc2cc(-n3cncn3)ncn2)s1. The molecule has 0 bridgehead atoms. The lowest BCUT2D eigenvalue weighted by molar-refractivity contribution is 0.603. The summed E-state index contributed by atoms with van der Waals surface area (Å²) in [5.74, 6) is 0.587. The van der Waals surface area contributed by atoms with Gasteiger partial charge in [-0.25, -0.2) is 28.1 Å². The van der Waals surface area contributed by atoms with Crippen LogP contribution in [0.15, 0.2) is 41.4 Å². The zero-order valence-electron chi connectivity index (χ0n) is 10.8. The normalized spacial score (nSPS) is 11.5. The first-order chi connectivity index (χ1) is 10.0. The van der Waals surface area contributed by atoms with Gasteiger partial charge < -0.3 is 0 Å². The highest BCUT2D eigenvalue weighted by molar-refractivity contribution is 7.94. The van der Waals surface area contributed by atoms with Crippen LogP contribution in [0, 0.1) is 6.92 Å². The number of anilines is 1. The van der Waals surface area contributed by atoms with Crippen LogP contribution in [-0.4, -0.2) is 33.2 Å². The molecule has 3 aromatic heterocycles. The maximum absolute atomic E-state index is 12.2.